The van der Waals surface area contributed by atoms with E-state index < -0.39 is 5.82 Å². The average Bonchev–Trinajstić information content (AvgIpc) is 2.39. The first-order chi connectivity index (χ1) is 8.65. The Balaban J connectivity index is 2.28. The minimum absolute atomic E-state index is 0.0908. The Kier molecular flexibility index (Phi) is 4.06. The van der Waals surface area contributed by atoms with E-state index in [-0.39, 0.29) is 23.3 Å². The predicted octanol–water partition coefficient (Wildman–Crippen LogP) is 1.84. The second-order valence-corrected chi connectivity index (χ2v) is 5.34. The molecule has 0 aromatic carbocycles. The second kappa shape index (κ2) is 5.56. The van der Waals surface area contributed by atoms with Crippen LogP contribution in [-0.2, 0) is 0 Å². The molecule has 1 aliphatic heterocycles. The van der Waals surface area contributed by atoms with E-state index in [1.165, 1.54) is 12.3 Å². The van der Waals surface area contributed by atoms with Gasteiger partial charge < -0.3 is 10.2 Å². The van der Waals surface area contributed by atoms with Gasteiger partial charge in [-0.2, -0.15) is 11.8 Å². The zero-order valence-corrected chi connectivity index (χ0v) is 11.3. The summed E-state index contributed by atoms with van der Waals surface area (Å²) in [6.07, 6.45) is 1.45. The Bertz CT molecular complexity index is 455. The number of pyridine rings is 1. The van der Waals surface area contributed by atoms with Crippen LogP contribution < -0.4 is 5.32 Å². The fraction of sp³-hybridized carbons (Fsp3) is 0.500. The molecular formula is C12H16FN3OS. The second-order valence-electron chi connectivity index (χ2n) is 4.19. The number of carbonyl (C=O) groups is 1. The van der Waals surface area contributed by atoms with E-state index in [0.29, 0.717) is 6.54 Å². The fourth-order valence-electron chi connectivity index (χ4n) is 1.97. The maximum Gasteiger partial charge on any atom is 0.257 e. The molecule has 1 unspecified atom stereocenters. The Labute approximate surface area is 110 Å². The van der Waals surface area contributed by atoms with Crippen LogP contribution in [-0.4, -0.2) is 46.9 Å². The van der Waals surface area contributed by atoms with Gasteiger partial charge in [-0.3, -0.25) is 4.79 Å². The Morgan fingerprint density at radius 3 is 3.11 bits per heavy atom. The van der Waals surface area contributed by atoms with Gasteiger partial charge in [0.1, 0.15) is 0 Å². The number of nitrogens with one attached hydrogen (secondary N) is 1. The van der Waals surface area contributed by atoms with Crippen molar-refractivity contribution in [1.82, 2.24) is 9.88 Å². The molecule has 2 rings (SSSR count). The van der Waals surface area contributed by atoms with Crippen LogP contribution in [0.4, 0.5) is 10.2 Å². The van der Waals surface area contributed by atoms with Crippen molar-refractivity contribution in [1.29, 1.82) is 0 Å². The molecule has 1 atom stereocenters. The number of anilines is 1. The Morgan fingerprint density at radius 2 is 2.44 bits per heavy atom. The molecule has 1 N–H and O–H groups in total. The molecule has 1 aromatic heterocycles. The highest BCUT2D eigenvalue weighted by Crippen LogP contribution is 2.21. The summed E-state index contributed by atoms with van der Waals surface area (Å²) in [6, 6.07) is 1.58. The number of hydrogen-bond donors (Lipinski definition) is 1. The molecule has 1 saturated heterocycles. The summed E-state index contributed by atoms with van der Waals surface area (Å²) >= 11 is 1.82. The minimum Gasteiger partial charge on any atom is -0.371 e. The van der Waals surface area contributed by atoms with Gasteiger partial charge in [-0.1, -0.05) is 0 Å². The van der Waals surface area contributed by atoms with Crippen molar-refractivity contribution in [3.8, 4) is 0 Å². The van der Waals surface area contributed by atoms with Crippen LogP contribution in [0.2, 0.25) is 0 Å². The van der Waals surface area contributed by atoms with Gasteiger partial charge in [0.2, 0.25) is 0 Å². The van der Waals surface area contributed by atoms with Gasteiger partial charge in [-0.25, -0.2) is 9.37 Å². The van der Waals surface area contributed by atoms with Crippen molar-refractivity contribution < 1.29 is 9.18 Å². The van der Waals surface area contributed by atoms with Gasteiger partial charge >= 0.3 is 0 Å². The summed E-state index contributed by atoms with van der Waals surface area (Å²) in [5.74, 6) is 1.09. The third-order valence-electron chi connectivity index (χ3n) is 2.98. The molecule has 18 heavy (non-hydrogen) atoms. The number of thioether (sulfide) groups is 1. The van der Waals surface area contributed by atoms with Crippen molar-refractivity contribution in [2.75, 3.05) is 30.4 Å². The molecule has 0 spiro atoms. The maximum atomic E-state index is 14.0. The highest BCUT2D eigenvalue weighted by atomic mass is 32.2. The van der Waals surface area contributed by atoms with Crippen LogP contribution in [0.15, 0.2) is 12.3 Å². The van der Waals surface area contributed by atoms with Gasteiger partial charge in [-0.05, 0) is 13.0 Å². The SMILES string of the molecule is CNc1nccc(C(=O)N2CCSCC2C)c1F. The summed E-state index contributed by atoms with van der Waals surface area (Å²) in [4.78, 5) is 17.9. The summed E-state index contributed by atoms with van der Waals surface area (Å²) in [6.45, 7) is 2.66. The molecule has 0 aliphatic carbocycles. The minimum atomic E-state index is -0.574. The number of amides is 1. The summed E-state index contributed by atoms with van der Waals surface area (Å²) in [7, 11) is 1.58. The van der Waals surface area contributed by atoms with Crippen LogP contribution in [0.3, 0.4) is 0 Å². The van der Waals surface area contributed by atoms with Crippen molar-refractivity contribution in [3.63, 3.8) is 0 Å². The van der Waals surface area contributed by atoms with Gasteiger partial charge in [-0.15, -0.1) is 0 Å². The normalized spacial score (nSPS) is 19.7. The fourth-order valence-corrected chi connectivity index (χ4v) is 2.98. The topological polar surface area (TPSA) is 45.2 Å². The zero-order valence-electron chi connectivity index (χ0n) is 10.4. The smallest absolute Gasteiger partial charge is 0.257 e. The number of carbonyl (C=O) groups excluding carboxylic acids is 1. The zero-order chi connectivity index (χ0) is 13.1. The largest absolute Gasteiger partial charge is 0.371 e. The molecule has 1 fully saturated rings. The summed E-state index contributed by atoms with van der Waals surface area (Å²) < 4.78 is 14.0. The lowest BCUT2D eigenvalue weighted by atomic mass is 10.2. The highest BCUT2D eigenvalue weighted by molar-refractivity contribution is 7.99. The molecule has 0 bridgehead atoms. The molecule has 0 saturated carbocycles. The van der Waals surface area contributed by atoms with E-state index in [1.54, 1.807) is 11.9 Å². The lowest BCUT2D eigenvalue weighted by Crippen LogP contribution is -2.44. The number of aromatic nitrogens is 1. The third kappa shape index (κ3) is 2.43. The Hall–Kier alpha value is -1.30. The van der Waals surface area contributed by atoms with Crippen LogP contribution in [0, 0.1) is 5.82 Å². The van der Waals surface area contributed by atoms with Gasteiger partial charge in [0, 0.05) is 37.3 Å². The van der Waals surface area contributed by atoms with E-state index in [9.17, 15) is 9.18 Å². The first-order valence-electron chi connectivity index (χ1n) is 5.86. The van der Waals surface area contributed by atoms with Crippen molar-refractivity contribution >= 4 is 23.5 Å². The van der Waals surface area contributed by atoms with Crippen LogP contribution >= 0.6 is 11.8 Å². The van der Waals surface area contributed by atoms with E-state index in [2.05, 4.69) is 10.3 Å². The number of halogens is 1. The van der Waals surface area contributed by atoms with Crippen molar-refractivity contribution in [2.45, 2.75) is 13.0 Å². The van der Waals surface area contributed by atoms with E-state index >= 15 is 0 Å². The lowest BCUT2D eigenvalue weighted by Gasteiger charge is -2.33. The number of hydrogen-bond acceptors (Lipinski definition) is 4. The van der Waals surface area contributed by atoms with Gasteiger partial charge in [0.25, 0.3) is 5.91 Å². The highest BCUT2D eigenvalue weighted by Gasteiger charge is 2.27. The lowest BCUT2D eigenvalue weighted by molar-refractivity contribution is 0.0711. The van der Waals surface area contributed by atoms with Gasteiger partial charge in [0.15, 0.2) is 11.6 Å². The average molecular weight is 269 g/mol. The first-order valence-corrected chi connectivity index (χ1v) is 7.01. The van der Waals surface area contributed by atoms with Crippen LogP contribution in [0.5, 0.6) is 0 Å². The Morgan fingerprint density at radius 1 is 1.67 bits per heavy atom. The summed E-state index contributed by atoms with van der Waals surface area (Å²) in [5, 5.41) is 2.64. The molecule has 4 nitrogen and oxygen atoms in total. The van der Waals surface area contributed by atoms with Crippen molar-refractivity contribution in [3.05, 3.63) is 23.6 Å². The number of nitrogens with zero attached hydrogens (tertiary/aromatic N) is 2. The van der Waals surface area contributed by atoms with E-state index in [1.807, 2.05) is 18.7 Å². The first kappa shape index (κ1) is 13.1. The molecule has 98 valence electrons. The van der Waals surface area contributed by atoms with Crippen LogP contribution in [0.25, 0.3) is 0 Å². The molecule has 1 aliphatic rings. The molecule has 0 radical (unpaired) electrons. The van der Waals surface area contributed by atoms with Crippen molar-refractivity contribution in [2.24, 2.45) is 0 Å². The number of rotatable bonds is 2. The molecular weight excluding hydrogens is 253 g/mol. The maximum absolute atomic E-state index is 14.0. The standard InChI is InChI=1S/C12H16FN3OS/c1-8-7-18-6-5-16(8)12(17)9-3-4-15-11(14-2)10(9)13/h3-4,8H,5-7H2,1-2H3,(H,14,15). The van der Waals surface area contributed by atoms with Crippen LogP contribution in [0.1, 0.15) is 17.3 Å². The monoisotopic (exact) mass is 269 g/mol. The molecule has 2 heterocycles. The summed E-state index contributed by atoms with van der Waals surface area (Å²) in [5.41, 5.74) is 0.0908. The van der Waals surface area contributed by atoms with Gasteiger partial charge in [0.05, 0.1) is 5.56 Å². The molecule has 6 heteroatoms. The predicted molar refractivity (Wildman–Crippen MR) is 71.6 cm³/mol. The third-order valence-corrected chi connectivity index (χ3v) is 4.17. The molecule has 1 aromatic rings. The quantitative estimate of drug-likeness (QED) is 0.890. The van der Waals surface area contributed by atoms with E-state index in [0.717, 1.165) is 11.5 Å². The van der Waals surface area contributed by atoms with E-state index in [4.69, 9.17) is 0 Å². The molecule has 1 amide bonds.